The van der Waals surface area contributed by atoms with Crippen molar-refractivity contribution in [1.29, 1.82) is 0 Å². The summed E-state index contributed by atoms with van der Waals surface area (Å²) in [5, 5.41) is 5.99. The standard InChI is InChI=1S/C19H19N5O2S/c25-18(6-5-15-4-2-10-27-15)24-9-1-3-14(13-24)11-17-22-19(23-26-17)16-12-20-7-8-21-16/h2,4-8,10,12,14H,1,3,9,11,13H2/b6-5-/t14-/m0/s1. The van der Waals surface area contributed by atoms with Crippen LogP contribution >= 0.6 is 11.3 Å². The lowest BCUT2D eigenvalue weighted by molar-refractivity contribution is -0.127. The molecule has 138 valence electrons. The highest BCUT2D eigenvalue weighted by molar-refractivity contribution is 7.10. The van der Waals surface area contributed by atoms with Crippen LogP contribution in [0, 0.1) is 5.92 Å². The number of carbonyl (C=O) groups is 1. The van der Waals surface area contributed by atoms with E-state index in [1.807, 2.05) is 28.5 Å². The molecule has 1 atom stereocenters. The van der Waals surface area contributed by atoms with Gasteiger partial charge in [0.15, 0.2) is 0 Å². The summed E-state index contributed by atoms with van der Waals surface area (Å²) >= 11 is 1.62. The molecule has 1 fully saturated rings. The van der Waals surface area contributed by atoms with Gasteiger partial charge < -0.3 is 9.42 Å². The van der Waals surface area contributed by atoms with Gasteiger partial charge in [0.2, 0.25) is 17.6 Å². The number of amides is 1. The minimum Gasteiger partial charge on any atom is -0.339 e. The Morgan fingerprint density at radius 3 is 3.19 bits per heavy atom. The minimum absolute atomic E-state index is 0.0545. The van der Waals surface area contributed by atoms with Crippen LogP contribution in [0.2, 0.25) is 0 Å². The Labute approximate surface area is 160 Å². The highest BCUT2D eigenvalue weighted by Gasteiger charge is 2.24. The summed E-state index contributed by atoms with van der Waals surface area (Å²) in [6.45, 7) is 1.50. The average Bonchev–Trinajstić information content (AvgIpc) is 3.39. The van der Waals surface area contributed by atoms with E-state index in [9.17, 15) is 4.79 Å². The van der Waals surface area contributed by atoms with Gasteiger partial charge in [0.05, 0.1) is 6.20 Å². The number of carbonyl (C=O) groups excluding carboxylic acids is 1. The second kappa shape index (κ2) is 8.22. The second-order valence-corrected chi connectivity index (χ2v) is 7.43. The molecule has 0 aliphatic carbocycles. The average molecular weight is 381 g/mol. The first kappa shape index (κ1) is 17.5. The molecule has 0 N–H and O–H groups in total. The number of hydrogen-bond donors (Lipinski definition) is 0. The minimum atomic E-state index is 0.0545. The maximum absolute atomic E-state index is 12.5. The molecule has 27 heavy (non-hydrogen) atoms. The first-order chi connectivity index (χ1) is 13.3. The smallest absolute Gasteiger partial charge is 0.246 e. The fourth-order valence-electron chi connectivity index (χ4n) is 3.18. The molecule has 0 saturated carbocycles. The molecule has 0 radical (unpaired) electrons. The number of nitrogens with zero attached hydrogens (tertiary/aromatic N) is 5. The van der Waals surface area contributed by atoms with Gasteiger partial charge in [-0.1, -0.05) is 11.2 Å². The van der Waals surface area contributed by atoms with E-state index in [2.05, 4.69) is 20.1 Å². The third-order valence-corrected chi connectivity index (χ3v) is 5.33. The van der Waals surface area contributed by atoms with Crippen molar-refractivity contribution in [3.8, 4) is 11.5 Å². The van der Waals surface area contributed by atoms with E-state index in [1.165, 1.54) is 0 Å². The van der Waals surface area contributed by atoms with Gasteiger partial charge >= 0.3 is 0 Å². The molecule has 0 unspecified atom stereocenters. The van der Waals surface area contributed by atoms with E-state index in [0.717, 1.165) is 24.3 Å². The SMILES string of the molecule is O=C(/C=C\c1cccs1)N1CCC[C@@H](Cc2nc(-c3cnccn3)no2)C1. The van der Waals surface area contributed by atoms with Gasteiger partial charge in [0.25, 0.3) is 0 Å². The summed E-state index contributed by atoms with van der Waals surface area (Å²) in [5.74, 6) is 1.39. The zero-order chi connectivity index (χ0) is 18.5. The van der Waals surface area contributed by atoms with Crippen molar-refractivity contribution >= 4 is 23.3 Å². The van der Waals surface area contributed by atoms with Crippen LogP contribution in [0.5, 0.6) is 0 Å². The van der Waals surface area contributed by atoms with Crippen LogP contribution in [0.1, 0.15) is 23.6 Å². The molecule has 0 aromatic carbocycles. The summed E-state index contributed by atoms with van der Waals surface area (Å²) in [6, 6.07) is 3.98. The number of aromatic nitrogens is 4. The molecule has 4 heterocycles. The molecule has 4 rings (SSSR count). The van der Waals surface area contributed by atoms with Crippen LogP contribution < -0.4 is 0 Å². The van der Waals surface area contributed by atoms with E-state index < -0.39 is 0 Å². The van der Waals surface area contributed by atoms with Crippen molar-refractivity contribution in [3.63, 3.8) is 0 Å². The molecule has 0 spiro atoms. The van der Waals surface area contributed by atoms with E-state index in [0.29, 0.717) is 36.3 Å². The van der Waals surface area contributed by atoms with E-state index in [-0.39, 0.29) is 5.91 Å². The molecular formula is C19H19N5O2S. The van der Waals surface area contributed by atoms with Gasteiger partial charge in [-0.25, -0.2) is 4.98 Å². The first-order valence-corrected chi connectivity index (χ1v) is 9.75. The Morgan fingerprint density at radius 2 is 2.37 bits per heavy atom. The fourth-order valence-corrected chi connectivity index (χ4v) is 3.80. The zero-order valence-electron chi connectivity index (χ0n) is 14.7. The van der Waals surface area contributed by atoms with Gasteiger partial charge in [0, 0.05) is 42.9 Å². The molecule has 1 amide bonds. The Morgan fingerprint density at radius 1 is 1.41 bits per heavy atom. The predicted molar refractivity (Wildman–Crippen MR) is 102 cm³/mol. The highest BCUT2D eigenvalue weighted by atomic mass is 32.1. The van der Waals surface area contributed by atoms with E-state index >= 15 is 0 Å². The molecule has 3 aromatic rings. The lowest BCUT2D eigenvalue weighted by atomic mass is 9.94. The van der Waals surface area contributed by atoms with Crippen LogP contribution in [0.3, 0.4) is 0 Å². The molecule has 0 bridgehead atoms. The molecule has 7 nitrogen and oxygen atoms in total. The summed E-state index contributed by atoms with van der Waals surface area (Å²) < 4.78 is 5.37. The molecule has 1 aliphatic heterocycles. The lowest BCUT2D eigenvalue weighted by Gasteiger charge is -2.31. The summed E-state index contributed by atoms with van der Waals surface area (Å²) in [4.78, 5) is 28.1. The van der Waals surface area contributed by atoms with E-state index in [1.54, 1.807) is 36.0 Å². The van der Waals surface area contributed by atoms with Gasteiger partial charge in [-0.05, 0) is 36.3 Å². The van der Waals surface area contributed by atoms with Crippen molar-refractivity contribution in [2.45, 2.75) is 19.3 Å². The number of rotatable bonds is 5. The van der Waals surface area contributed by atoms with Crippen molar-refractivity contribution in [2.75, 3.05) is 13.1 Å². The molecule has 1 saturated heterocycles. The van der Waals surface area contributed by atoms with E-state index in [4.69, 9.17) is 4.52 Å². The molecule has 3 aromatic heterocycles. The maximum atomic E-state index is 12.5. The normalized spacial score (nSPS) is 17.5. The third kappa shape index (κ3) is 4.46. The van der Waals surface area contributed by atoms with Crippen LogP contribution in [-0.4, -0.2) is 44.0 Å². The third-order valence-electron chi connectivity index (χ3n) is 4.49. The number of hydrogen-bond acceptors (Lipinski definition) is 7. The Bertz CT molecular complexity index is 907. The second-order valence-electron chi connectivity index (χ2n) is 6.45. The van der Waals surface area contributed by atoms with Crippen LogP contribution in [0.25, 0.3) is 17.6 Å². The Kier molecular flexibility index (Phi) is 5.34. The monoisotopic (exact) mass is 381 g/mol. The maximum Gasteiger partial charge on any atom is 0.246 e. The quantitative estimate of drug-likeness (QED) is 0.632. The van der Waals surface area contributed by atoms with Crippen LogP contribution in [0.4, 0.5) is 0 Å². The lowest BCUT2D eigenvalue weighted by Crippen LogP contribution is -2.39. The van der Waals surface area contributed by atoms with Crippen molar-refractivity contribution < 1.29 is 9.32 Å². The van der Waals surface area contributed by atoms with Crippen LogP contribution in [-0.2, 0) is 11.2 Å². The number of thiophene rings is 1. The van der Waals surface area contributed by atoms with Gasteiger partial charge in [-0.2, -0.15) is 4.98 Å². The number of piperidine rings is 1. The topological polar surface area (TPSA) is 85.0 Å². The Hall–Kier alpha value is -2.87. The highest BCUT2D eigenvalue weighted by Crippen LogP contribution is 2.22. The predicted octanol–water partition coefficient (Wildman–Crippen LogP) is 3.08. The van der Waals surface area contributed by atoms with Crippen LogP contribution in [0.15, 0.2) is 46.7 Å². The first-order valence-electron chi connectivity index (χ1n) is 8.87. The van der Waals surface area contributed by atoms with Crippen molar-refractivity contribution in [2.24, 2.45) is 5.92 Å². The summed E-state index contributed by atoms with van der Waals surface area (Å²) in [6.07, 6.45) is 11.0. The Balaban J connectivity index is 1.36. The number of likely N-dealkylation sites (tertiary alicyclic amines) is 1. The fraction of sp³-hybridized carbons (Fsp3) is 0.316. The molecular weight excluding hydrogens is 362 g/mol. The van der Waals surface area contributed by atoms with Gasteiger partial charge in [0.1, 0.15) is 5.69 Å². The summed E-state index contributed by atoms with van der Waals surface area (Å²) in [5.41, 5.74) is 0.590. The molecule has 1 aliphatic rings. The van der Waals surface area contributed by atoms with Crippen molar-refractivity contribution in [3.05, 3.63) is 52.9 Å². The van der Waals surface area contributed by atoms with Crippen molar-refractivity contribution in [1.82, 2.24) is 25.0 Å². The van der Waals surface area contributed by atoms with Gasteiger partial charge in [-0.3, -0.25) is 9.78 Å². The molecule has 8 heteroatoms. The van der Waals surface area contributed by atoms with Gasteiger partial charge in [-0.15, -0.1) is 11.3 Å². The summed E-state index contributed by atoms with van der Waals surface area (Å²) in [7, 11) is 0. The zero-order valence-corrected chi connectivity index (χ0v) is 15.5. The largest absolute Gasteiger partial charge is 0.339 e.